The fourth-order valence-electron chi connectivity index (χ4n) is 2.88. The molecule has 0 saturated carbocycles. The van der Waals surface area contributed by atoms with Crippen LogP contribution in [0.3, 0.4) is 0 Å². The van der Waals surface area contributed by atoms with Crippen LogP contribution in [0.2, 0.25) is 0 Å². The van der Waals surface area contributed by atoms with Crippen molar-refractivity contribution in [2.75, 3.05) is 13.1 Å². The van der Waals surface area contributed by atoms with Crippen molar-refractivity contribution in [2.45, 2.75) is 32.4 Å². The lowest BCUT2D eigenvalue weighted by molar-refractivity contribution is 0.237. The van der Waals surface area contributed by atoms with Crippen molar-refractivity contribution in [3.05, 3.63) is 27.4 Å². The van der Waals surface area contributed by atoms with E-state index in [4.69, 9.17) is 12.2 Å². The smallest absolute Gasteiger partial charge is 0.178 e. The molecule has 1 N–H and O–H groups in total. The van der Waals surface area contributed by atoms with Crippen molar-refractivity contribution in [1.29, 1.82) is 0 Å². The van der Waals surface area contributed by atoms with Crippen LogP contribution in [0.25, 0.3) is 11.0 Å². The predicted octanol–water partition coefficient (Wildman–Crippen LogP) is 3.95. The summed E-state index contributed by atoms with van der Waals surface area (Å²) in [5, 5.41) is 0. The Balaban J connectivity index is 1.91. The monoisotopic (exact) mass is 339 g/mol. The molecule has 2 aromatic rings. The Morgan fingerprint density at radius 1 is 1.37 bits per heavy atom. The topological polar surface area (TPSA) is 24.0 Å². The zero-order valence-electron chi connectivity index (χ0n) is 11.0. The number of rotatable bonds is 3. The Labute approximate surface area is 126 Å². The summed E-state index contributed by atoms with van der Waals surface area (Å²) in [6.07, 6.45) is 2.66. The summed E-state index contributed by atoms with van der Waals surface area (Å²) in [7, 11) is 0. The average molecular weight is 340 g/mol. The summed E-state index contributed by atoms with van der Waals surface area (Å²) in [6.45, 7) is 5.70. The van der Waals surface area contributed by atoms with Crippen LogP contribution in [0.4, 0.5) is 0 Å². The highest BCUT2D eigenvalue weighted by Gasteiger charge is 2.19. The van der Waals surface area contributed by atoms with Gasteiger partial charge in [-0.15, -0.1) is 0 Å². The Kier molecular flexibility index (Phi) is 3.78. The van der Waals surface area contributed by atoms with Gasteiger partial charge in [-0.2, -0.15) is 0 Å². The Morgan fingerprint density at radius 2 is 2.11 bits per heavy atom. The summed E-state index contributed by atoms with van der Waals surface area (Å²) < 4.78 is 4.12. The normalized spacial score (nSPS) is 18.2. The number of halogens is 1. The van der Waals surface area contributed by atoms with Crippen molar-refractivity contribution < 1.29 is 0 Å². The van der Waals surface area contributed by atoms with E-state index in [1.165, 1.54) is 31.4 Å². The van der Waals surface area contributed by atoms with Gasteiger partial charge in [-0.25, -0.2) is 0 Å². The highest BCUT2D eigenvalue weighted by atomic mass is 79.9. The maximum absolute atomic E-state index is 5.46. The van der Waals surface area contributed by atoms with Crippen molar-refractivity contribution in [3.63, 3.8) is 0 Å². The molecule has 19 heavy (non-hydrogen) atoms. The number of nitrogens with zero attached hydrogens (tertiary/aromatic N) is 2. The zero-order valence-corrected chi connectivity index (χ0v) is 13.4. The first-order valence-electron chi connectivity index (χ1n) is 6.77. The minimum atomic E-state index is 0.539. The minimum Gasteiger partial charge on any atom is -0.331 e. The first-order chi connectivity index (χ1) is 9.15. The molecular weight excluding hydrogens is 322 g/mol. The van der Waals surface area contributed by atoms with Crippen molar-refractivity contribution in [2.24, 2.45) is 0 Å². The third-order valence-corrected chi connectivity index (χ3v) is 4.76. The SMILES string of the molecule is CC(Cn1c(=S)[nH]c2cc(Br)ccc21)N1CCCC1. The lowest BCUT2D eigenvalue weighted by Crippen LogP contribution is -2.33. The molecule has 5 heteroatoms. The summed E-state index contributed by atoms with van der Waals surface area (Å²) in [4.78, 5) is 5.85. The maximum atomic E-state index is 5.46. The van der Waals surface area contributed by atoms with Crippen LogP contribution in [0.1, 0.15) is 19.8 Å². The number of H-pyrrole nitrogens is 1. The molecule has 0 radical (unpaired) electrons. The first kappa shape index (κ1) is 13.3. The van der Waals surface area contributed by atoms with Gasteiger partial charge >= 0.3 is 0 Å². The third kappa shape index (κ3) is 2.64. The van der Waals surface area contributed by atoms with Crippen molar-refractivity contribution >= 4 is 39.2 Å². The number of aromatic amines is 1. The Bertz CT molecular complexity index is 640. The second-order valence-corrected chi connectivity index (χ2v) is 6.60. The molecule has 0 amide bonds. The van der Waals surface area contributed by atoms with Crippen molar-refractivity contribution in [1.82, 2.24) is 14.5 Å². The lowest BCUT2D eigenvalue weighted by Gasteiger charge is -2.24. The van der Waals surface area contributed by atoms with E-state index in [-0.39, 0.29) is 0 Å². The van der Waals surface area contributed by atoms with Gasteiger partial charge in [-0.1, -0.05) is 15.9 Å². The Morgan fingerprint density at radius 3 is 2.84 bits per heavy atom. The molecule has 102 valence electrons. The van der Waals surface area contributed by atoms with E-state index in [9.17, 15) is 0 Å². The second-order valence-electron chi connectivity index (χ2n) is 5.29. The average Bonchev–Trinajstić information content (AvgIpc) is 2.98. The molecule has 3 rings (SSSR count). The second kappa shape index (κ2) is 5.38. The van der Waals surface area contributed by atoms with E-state index in [0.717, 1.165) is 21.3 Å². The zero-order chi connectivity index (χ0) is 13.4. The maximum Gasteiger partial charge on any atom is 0.178 e. The fraction of sp³-hybridized carbons (Fsp3) is 0.500. The fourth-order valence-corrected chi connectivity index (χ4v) is 3.52. The molecule has 1 unspecified atom stereocenters. The quantitative estimate of drug-likeness (QED) is 0.856. The summed E-state index contributed by atoms with van der Waals surface area (Å²) >= 11 is 8.96. The number of aromatic nitrogens is 2. The number of benzene rings is 1. The van der Waals surface area contributed by atoms with E-state index < -0.39 is 0 Å². The molecule has 3 nitrogen and oxygen atoms in total. The van der Waals surface area contributed by atoms with Gasteiger partial charge in [0.2, 0.25) is 0 Å². The number of hydrogen-bond donors (Lipinski definition) is 1. The minimum absolute atomic E-state index is 0.539. The van der Waals surface area contributed by atoms with E-state index in [2.05, 4.69) is 55.5 Å². The standard InChI is InChI=1S/C14H18BrN3S/c1-10(17-6-2-3-7-17)9-18-13-5-4-11(15)8-12(13)16-14(18)19/h4-5,8,10H,2-3,6-7,9H2,1H3,(H,16,19). The number of imidazole rings is 1. The highest BCUT2D eigenvalue weighted by molar-refractivity contribution is 9.10. The van der Waals surface area contributed by atoms with Gasteiger partial charge in [0.25, 0.3) is 0 Å². The van der Waals surface area contributed by atoms with Gasteiger partial charge in [0.05, 0.1) is 11.0 Å². The van der Waals surface area contributed by atoms with Crippen LogP contribution < -0.4 is 0 Å². The van der Waals surface area contributed by atoms with Gasteiger partial charge in [-0.3, -0.25) is 4.90 Å². The molecule has 1 atom stereocenters. The summed E-state index contributed by atoms with van der Waals surface area (Å²) in [5.41, 5.74) is 2.30. The number of nitrogens with one attached hydrogen (secondary N) is 1. The third-order valence-electron chi connectivity index (χ3n) is 3.95. The van der Waals surface area contributed by atoms with E-state index in [0.29, 0.717) is 6.04 Å². The van der Waals surface area contributed by atoms with Crippen LogP contribution in [0.5, 0.6) is 0 Å². The van der Waals surface area contributed by atoms with Gasteiger partial charge in [0.1, 0.15) is 0 Å². The van der Waals surface area contributed by atoms with E-state index >= 15 is 0 Å². The summed E-state index contributed by atoms with van der Waals surface area (Å²) in [5.74, 6) is 0. The number of fused-ring (bicyclic) bond motifs is 1. The molecule has 0 bridgehead atoms. The van der Waals surface area contributed by atoms with Crippen LogP contribution >= 0.6 is 28.1 Å². The summed E-state index contributed by atoms with van der Waals surface area (Å²) in [6, 6.07) is 6.82. The largest absolute Gasteiger partial charge is 0.331 e. The van der Waals surface area contributed by atoms with Crippen LogP contribution in [-0.2, 0) is 6.54 Å². The molecule has 1 fully saturated rings. The van der Waals surface area contributed by atoms with Crippen LogP contribution in [0.15, 0.2) is 22.7 Å². The molecule has 1 saturated heterocycles. The highest BCUT2D eigenvalue weighted by Crippen LogP contribution is 2.21. The molecule has 1 aromatic carbocycles. The van der Waals surface area contributed by atoms with Gasteiger partial charge in [-0.05, 0) is 63.3 Å². The van der Waals surface area contributed by atoms with Gasteiger partial charge in [0, 0.05) is 17.1 Å². The van der Waals surface area contributed by atoms with Crippen LogP contribution in [-0.4, -0.2) is 33.6 Å². The van der Waals surface area contributed by atoms with Crippen LogP contribution in [0, 0.1) is 4.77 Å². The number of hydrogen-bond acceptors (Lipinski definition) is 2. The Hall–Kier alpha value is -0.650. The van der Waals surface area contributed by atoms with Crippen molar-refractivity contribution in [3.8, 4) is 0 Å². The lowest BCUT2D eigenvalue weighted by atomic mass is 10.2. The predicted molar refractivity (Wildman–Crippen MR) is 85.1 cm³/mol. The molecule has 2 heterocycles. The molecule has 1 aliphatic heterocycles. The molecule has 0 aliphatic carbocycles. The molecule has 1 aromatic heterocycles. The number of likely N-dealkylation sites (tertiary alicyclic amines) is 1. The molecule has 1 aliphatic rings. The first-order valence-corrected chi connectivity index (χ1v) is 7.97. The van der Waals surface area contributed by atoms with Gasteiger partial charge < -0.3 is 9.55 Å². The molecule has 0 spiro atoms. The molecular formula is C14H18BrN3S. The van der Waals surface area contributed by atoms with Gasteiger partial charge in [0.15, 0.2) is 4.77 Å². The van der Waals surface area contributed by atoms with E-state index in [1.54, 1.807) is 0 Å². The van der Waals surface area contributed by atoms with E-state index in [1.807, 2.05) is 0 Å².